The predicted octanol–water partition coefficient (Wildman–Crippen LogP) is 0.913. The van der Waals surface area contributed by atoms with Gasteiger partial charge in [0.2, 0.25) is 5.82 Å². The van der Waals surface area contributed by atoms with Crippen LogP contribution in [0.1, 0.15) is 16.8 Å². The molecule has 1 aliphatic heterocycles. The van der Waals surface area contributed by atoms with E-state index in [-0.39, 0.29) is 23.1 Å². The van der Waals surface area contributed by atoms with Gasteiger partial charge in [0.15, 0.2) is 0 Å². The molecule has 0 aliphatic carbocycles. The Morgan fingerprint density at radius 1 is 1.68 bits per heavy atom. The van der Waals surface area contributed by atoms with Gasteiger partial charge in [-0.25, -0.2) is 9.78 Å². The highest BCUT2D eigenvalue weighted by Crippen LogP contribution is 2.28. The highest BCUT2D eigenvalue weighted by molar-refractivity contribution is 5.88. The van der Waals surface area contributed by atoms with Crippen LogP contribution in [0.3, 0.4) is 0 Å². The van der Waals surface area contributed by atoms with Gasteiger partial charge in [0, 0.05) is 25.9 Å². The topological polar surface area (TPSA) is 106 Å². The molecule has 1 N–H and O–H groups in total. The molecule has 1 aliphatic rings. The summed E-state index contributed by atoms with van der Waals surface area (Å²) >= 11 is 0. The summed E-state index contributed by atoms with van der Waals surface area (Å²) in [5, 5.41) is 19.9. The Balaban J connectivity index is 2.38. The van der Waals surface area contributed by atoms with Crippen molar-refractivity contribution in [2.45, 2.75) is 12.5 Å². The number of aromatic nitrogens is 1. The Morgan fingerprint density at radius 3 is 2.95 bits per heavy atom. The van der Waals surface area contributed by atoms with Crippen molar-refractivity contribution in [3.63, 3.8) is 0 Å². The minimum Gasteiger partial charge on any atom is -0.478 e. The first-order valence-electron chi connectivity index (χ1n) is 5.69. The van der Waals surface area contributed by atoms with Crippen LogP contribution in [0.4, 0.5) is 11.5 Å². The van der Waals surface area contributed by atoms with E-state index in [1.54, 1.807) is 11.9 Å². The summed E-state index contributed by atoms with van der Waals surface area (Å²) < 4.78 is 5.23. The summed E-state index contributed by atoms with van der Waals surface area (Å²) in [7, 11) is 1.69. The molecule has 0 aromatic carbocycles. The fourth-order valence-corrected chi connectivity index (χ4v) is 1.97. The number of pyridine rings is 1. The molecule has 19 heavy (non-hydrogen) atoms. The molecule has 1 atom stereocenters. The van der Waals surface area contributed by atoms with Gasteiger partial charge < -0.3 is 14.7 Å². The molecule has 8 nitrogen and oxygen atoms in total. The Morgan fingerprint density at radius 2 is 2.42 bits per heavy atom. The predicted molar refractivity (Wildman–Crippen MR) is 65.5 cm³/mol. The van der Waals surface area contributed by atoms with Crippen LogP contribution < -0.4 is 4.90 Å². The summed E-state index contributed by atoms with van der Waals surface area (Å²) in [6.07, 6.45) is 1.88. The highest BCUT2D eigenvalue weighted by Gasteiger charge is 2.28. The van der Waals surface area contributed by atoms with E-state index < -0.39 is 10.9 Å². The molecule has 0 bridgehead atoms. The van der Waals surface area contributed by atoms with Gasteiger partial charge in [0.25, 0.3) is 0 Å². The molecular formula is C11H13N3O5. The van der Waals surface area contributed by atoms with Crippen molar-refractivity contribution in [1.82, 2.24) is 4.98 Å². The lowest BCUT2D eigenvalue weighted by Crippen LogP contribution is -2.33. The fraction of sp³-hybridized carbons (Fsp3) is 0.455. The van der Waals surface area contributed by atoms with Crippen molar-refractivity contribution in [2.75, 3.05) is 25.2 Å². The lowest BCUT2D eigenvalue weighted by Gasteiger charge is -2.23. The van der Waals surface area contributed by atoms with E-state index in [1.165, 1.54) is 0 Å². The number of anilines is 1. The van der Waals surface area contributed by atoms with Crippen molar-refractivity contribution >= 4 is 17.5 Å². The van der Waals surface area contributed by atoms with Crippen LogP contribution in [0.15, 0.2) is 12.3 Å². The van der Waals surface area contributed by atoms with E-state index in [0.717, 1.165) is 18.7 Å². The molecule has 2 rings (SSSR count). The molecule has 0 spiro atoms. The Hall–Kier alpha value is -2.22. The van der Waals surface area contributed by atoms with Gasteiger partial charge in [-0.2, -0.15) is 0 Å². The number of rotatable bonds is 4. The summed E-state index contributed by atoms with van der Waals surface area (Å²) in [6.45, 7) is 1.09. The summed E-state index contributed by atoms with van der Waals surface area (Å²) in [5.41, 5.74) is -0.513. The minimum absolute atomic E-state index is 0.0156. The zero-order chi connectivity index (χ0) is 14.0. The van der Waals surface area contributed by atoms with Crippen LogP contribution in [0, 0.1) is 10.1 Å². The number of likely N-dealkylation sites (N-methyl/N-ethyl adjacent to an activating group) is 1. The maximum atomic E-state index is 11.0. The number of nitrogens with zero attached hydrogens (tertiary/aromatic N) is 3. The Labute approximate surface area is 108 Å². The lowest BCUT2D eigenvalue weighted by molar-refractivity contribution is -0.384. The molecule has 1 fully saturated rings. The molecule has 2 heterocycles. The molecule has 0 amide bonds. The van der Waals surface area contributed by atoms with Crippen molar-refractivity contribution in [1.29, 1.82) is 0 Å². The quantitative estimate of drug-likeness (QED) is 0.638. The number of ether oxygens (including phenoxy) is 1. The van der Waals surface area contributed by atoms with Crippen molar-refractivity contribution in [3.05, 3.63) is 27.9 Å². The van der Waals surface area contributed by atoms with Gasteiger partial charge in [-0.15, -0.1) is 0 Å². The number of nitro groups is 1. The zero-order valence-electron chi connectivity index (χ0n) is 10.3. The lowest BCUT2D eigenvalue weighted by atomic mass is 10.2. The number of carboxylic acid groups (broad SMARTS) is 1. The Bertz CT molecular complexity index is 513. The SMILES string of the molecule is CN(c1ncc(C(=O)O)cc1[N+](=O)[O-])C1CCOC1. The molecule has 1 saturated heterocycles. The molecular weight excluding hydrogens is 254 g/mol. The molecule has 0 radical (unpaired) electrons. The van der Waals surface area contributed by atoms with Crippen LogP contribution >= 0.6 is 0 Å². The highest BCUT2D eigenvalue weighted by atomic mass is 16.6. The fourth-order valence-electron chi connectivity index (χ4n) is 1.97. The molecule has 102 valence electrons. The first-order valence-corrected chi connectivity index (χ1v) is 5.69. The zero-order valence-corrected chi connectivity index (χ0v) is 10.3. The largest absolute Gasteiger partial charge is 0.478 e. The Kier molecular flexibility index (Phi) is 3.61. The summed E-state index contributed by atoms with van der Waals surface area (Å²) in [5.74, 6) is -1.08. The van der Waals surface area contributed by atoms with Gasteiger partial charge in [-0.3, -0.25) is 10.1 Å². The third-order valence-corrected chi connectivity index (χ3v) is 3.08. The second-order valence-corrected chi connectivity index (χ2v) is 4.26. The van der Waals surface area contributed by atoms with Crippen molar-refractivity contribution < 1.29 is 19.6 Å². The maximum Gasteiger partial charge on any atom is 0.337 e. The average Bonchev–Trinajstić information content (AvgIpc) is 2.90. The molecule has 1 unspecified atom stereocenters. The second kappa shape index (κ2) is 5.19. The van der Waals surface area contributed by atoms with Crippen molar-refractivity contribution in [3.8, 4) is 0 Å². The third kappa shape index (κ3) is 2.63. The van der Waals surface area contributed by atoms with Gasteiger partial charge >= 0.3 is 11.7 Å². The van der Waals surface area contributed by atoms with E-state index in [1.807, 2.05) is 0 Å². The van der Waals surface area contributed by atoms with Gasteiger partial charge in [-0.05, 0) is 6.42 Å². The first kappa shape index (κ1) is 13.2. The number of hydrogen-bond donors (Lipinski definition) is 1. The molecule has 1 aromatic heterocycles. The molecule has 1 aromatic rings. The van der Waals surface area contributed by atoms with Crippen LogP contribution in [0.25, 0.3) is 0 Å². The second-order valence-electron chi connectivity index (χ2n) is 4.26. The van der Waals surface area contributed by atoms with E-state index in [0.29, 0.717) is 13.2 Å². The first-order chi connectivity index (χ1) is 9.00. The molecule has 8 heteroatoms. The van der Waals surface area contributed by atoms with Crippen LogP contribution in [0.5, 0.6) is 0 Å². The van der Waals surface area contributed by atoms with Gasteiger partial charge in [0.05, 0.1) is 23.1 Å². The summed E-state index contributed by atoms with van der Waals surface area (Å²) in [6, 6.07) is 1.04. The molecule has 0 saturated carbocycles. The normalized spacial score (nSPS) is 18.3. The number of hydrogen-bond acceptors (Lipinski definition) is 6. The van der Waals surface area contributed by atoms with Crippen LogP contribution in [-0.2, 0) is 4.74 Å². The van der Waals surface area contributed by atoms with E-state index in [4.69, 9.17) is 9.84 Å². The van der Waals surface area contributed by atoms with E-state index >= 15 is 0 Å². The number of carbonyl (C=O) groups is 1. The van der Waals surface area contributed by atoms with E-state index in [2.05, 4.69) is 4.98 Å². The van der Waals surface area contributed by atoms with E-state index in [9.17, 15) is 14.9 Å². The minimum atomic E-state index is -1.24. The standard InChI is InChI=1S/C11H13N3O5/c1-13(8-2-3-19-6-8)10-9(14(17)18)4-7(5-12-10)11(15)16/h4-5,8H,2-3,6H2,1H3,(H,15,16). The maximum absolute atomic E-state index is 11.0. The monoisotopic (exact) mass is 267 g/mol. The van der Waals surface area contributed by atoms with Crippen LogP contribution in [0.2, 0.25) is 0 Å². The van der Waals surface area contributed by atoms with Crippen molar-refractivity contribution in [2.24, 2.45) is 0 Å². The number of carboxylic acids is 1. The van der Waals surface area contributed by atoms with Gasteiger partial charge in [-0.1, -0.05) is 0 Å². The average molecular weight is 267 g/mol. The smallest absolute Gasteiger partial charge is 0.337 e. The number of aromatic carboxylic acids is 1. The van der Waals surface area contributed by atoms with Gasteiger partial charge in [0.1, 0.15) is 0 Å². The van der Waals surface area contributed by atoms with Crippen LogP contribution in [-0.4, -0.2) is 47.3 Å². The summed E-state index contributed by atoms with van der Waals surface area (Å²) in [4.78, 5) is 26.8. The third-order valence-electron chi connectivity index (χ3n) is 3.08.